The molecule has 1 aliphatic heterocycles. The second-order valence-corrected chi connectivity index (χ2v) is 9.01. The molecular weight excluding hydrogens is 460 g/mol. The Labute approximate surface area is 195 Å². The summed E-state index contributed by atoms with van der Waals surface area (Å²) >= 11 is 0. The van der Waals surface area contributed by atoms with E-state index in [9.17, 15) is 30.0 Å². The first-order valence-corrected chi connectivity index (χ1v) is 10.9. The minimum atomic E-state index is -1.94. The number of aromatic hydroxyl groups is 1. The number of phenolic OH excluding ortho intramolecular Hbond substituents is 1. The van der Waals surface area contributed by atoms with Crippen molar-refractivity contribution in [1.29, 1.82) is 0 Å². The largest absolute Gasteiger partial charge is 0.506 e. The van der Waals surface area contributed by atoms with Crippen LogP contribution in [-0.2, 0) is 4.74 Å². The van der Waals surface area contributed by atoms with Gasteiger partial charge in [-0.15, -0.1) is 0 Å². The minimum absolute atomic E-state index is 0.0184. The Kier molecular flexibility index (Phi) is 4.46. The molecule has 180 valence electrons. The van der Waals surface area contributed by atoms with Crippen LogP contribution in [0, 0.1) is 0 Å². The van der Waals surface area contributed by atoms with Gasteiger partial charge in [0.25, 0.3) is 0 Å². The molecule has 1 aliphatic rings. The van der Waals surface area contributed by atoms with Gasteiger partial charge in [0, 0.05) is 16.2 Å². The average Bonchev–Trinajstić information content (AvgIpc) is 2.82. The van der Waals surface area contributed by atoms with Crippen molar-refractivity contribution in [3.05, 3.63) is 57.2 Å². The molecule has 2 aromatic heterocycles. The molecule has 0 amide bonds. The van der Waals surface area contributed by atoms with Gasteiger partial charge in [-0.3, -0.25) is 0 Å². The Morgan fingerprint density at radius 2 is 1.60 bits per heavy atom. The topological polar surface area (TPSA) is 160 Å². The molecule has 0 radical (unpaired) electrons. The van der Waals surface area contributed by atoms with E-state index in [0.29, 0.717) is 5.39 Å². The maximum atomic E-state index is 12.9. The molecule has 5 atom stereocenters. The van der Waals surface area contributed by atoms with Gasteiger partial charge in [0.1, 0.15) is 40.3 Å². The number of ether oxygens (including phenoxy) is 2. The van der Waals surface area contributed by atoms with Crippen molar-refractivity contribution in [2.45, 2.75) is 44.1 Å². The summed E-state index contributed by atoms with van der Waals surface area (Å²) in [6.45, 7) is 2.78. The highest BCUT2D eigenvalue weighted by molar-refractivity contribution is 6.28. The standard InChI is InChI=1S/C25H20O10/c1-9-20(27)25(2,31)21(28)24(32-9)34-13-8-3-5-10-15(13)19-16-14-11(22(29)35-19)6-4-7-12(14)33-23(30)17(16)18(10)26/h3-9,20-21,24,26-28,31H,1-2H3/t9-,20+,21+,24+,25+/m1/s1. The number of aliphatic hydroxyl groups is 3. The van der Waals surface area contributed by atoms with E-state index >= 15 is 0 Å². The quantitative estimate of drug-likeness (QED) is 0.167. The second kappa shape index (κ2) is 7.15. The van der Waals surface area contributed by atoms with Crippen LogP contribution < -0.4 is 16.0 Å². The van der Waals surface area contributed by atoms with E-state index in [0.717, 1.165) is 0 Å². The fraction of sp³-hybridized carbons (Fsp3) is 0.280. The van der Waals surface area contributed by atoms with E-state index in [1.165, 1.54) is 44.2 Å². The molecule has 0 unspecified atom stereocenters. The van der Waals surface area contributed by atoms with Crippen molar-refractivity contribution in [3.63, 3.8) is 0 Å². The highest BCUT2D eigenvalue weighted by Gasteiger charge is 2.52. The van der Waals surface area contributed by atoms with E-state index in [2.05, 4.69) is 0 Å². The molecule has 0 spiro atoms. The van der Waals surface area contributed by atoms with E-state index in [4.69, 9.17) is 18.3 Å². The molecule has 0 saturated carbocycles. The molecule has 5 aromatic rings. The molecule has 35 heavy (non-hydrogen) atoms. The van der Waals surface area contributed by atoms with Crippen LogP contribution in [0.5, 0.6) is 11.5 Å². The molecule has 6 rings (SSSR count). The lowest BCUT2D eigenvalue weighted by atomic mass is 9.86. The molecule has 10 heteroatoms. The summed E-state index contributed by atoms with van der Waals surface area (Å²) in [6, 6.07) is 9.15. The molecule has 0 aliphatic carbocycles. The monoisotopic (exact) mass is 480 g/mol. The highest BCUT2D eigenvalue weighted by atomic mass is 16.7. The number of hydrogen-bond donors (Lipinski definition) is 4. The number of rotatable bonds is 2. The zero-order valence-electron chi connectivity index (χ0n) is 18.5. The maximum absolute atomic E-state index is 12.9. The van der Waals surface area contributed by atoms with Gasteiger partial charge in [0.2, 0.25) is 6.29 Å². The summed E-state index contributed by atoms with van der Waals surface area (Å²) in [5.74, 6) is -0.347. The number of fused-ring (bicyclic) bond motifs is 2. The zero-order chi connectivity index (χ0) is 24.8. The van der Waals surface area contributed by atoms with Gasteiger partial charge in [-0.25, -0.2) is 9.59 Å². The lowest BCUT2D eigenvalue weighted by Gasteiger charge is -2.45. The summed E-state index contributed by atoms with van der Waals surface area (Å²) in [5.41, 5.74) is -3.30. The molecule has 0 bridgehead atoms. The smallest absolute Gasteiger partial charge is 0.348 e. The highest BCUT2D eigenvalue weighted by Crippen LogP contribution is 2.45. The molecule has 10 nitrogen and oxygen atoms in total. The Morgan fingerprint density at radius 3 is 2.37 bits per heavy atom. The van der Waals surface area contributed by atoms with Gasteiger partial charge in [-0.1, -0.05) is 18.2 Å². The third kappa shape index (κ3) is 2.85. The lowest BCUT2D eigenvalue weighted by Crippen LogP contribution is -2.65. The fourth-order valence-electron chi connectivity index (χ4n) is 4.94. The molecule has 3 aromatic carbocycles. The van der Waals surface area contributed by atoms with E-state index in [-0.39, 0.29) is 43.8 Å². The summed E-state index contributed by atoms with van der Waals surface area (Å²) in [5, 5.41) is 43.4. The van der Waals surface area contributed by atoms with Gasteiger partial charge in [-0.05, 0) is 32.0 Å². The van der Waals surface area contributed by atoms with Crippen molar-refractivity contribution in [3.8, 4) is 11.5 Å². The SMILES string of the molecule is C[C@H]1O[C@@H](Oc2cccc3c(O)c4c(=O)oc5cccc6c(=O)oc(c23)c4c56)[C@H](O)[C@@](C)(O)[C@H]1O. The van der Waals surface area contributed by atoms with Crippen LogP contribution >= 0.6 is 0 Å². The number of aliphatic hydroxyl groups excluding tert-OH is 2. The Morgan fingerprint density at radius 1 is 0.886 bits per heavy atom. The van der Waals surface area contributed by atoms with Crippen LogP contribution in [0.3, 0.4) is 0 Å². The van der Waals surface area contributed by atoms with Crippen molar-refractivity contribution < 1.29 is 38.7 Å². The average molecular weight is 480 g/mol. The lowest BCUT2D eigenvalue weighted by molar-refractivity contribution is -0.300. The van der Waals surface area contributed by atoms with Crippen molar-refractivity contribution in [1.82, 2.24) is 0 Å². The van der Waals surface area contributed by atoms with Gasteiger partial charge in [0.15, 0.2) is 5.58 Å². The van der Waals surface area contributed by atoms with Gasteiger partial charge in [-0.2, -0.15) is 0 Å². The summed E-state index contributed by atoms with van der Waals surface area (Å²) in [4.78, 5) is 25.7. The number of hydrogen-bond acceptors (Lipinski definition) is 10. The van der Waals surface area contributed by atoms with Crippen molar-refractivity contribution >= 4 is 43.5 Å². The predicted octanol–water partition coefficient (Wildman–Crippen LogP) is 1.95. The summed E-state index contributed by atoms with van der Waals surface area (Å²) in [7, 11) is 0. The number of phenols is 1. The second-order valence-electron chi connectivity index (χ2n) is 9.01. The van der Waals surface area contributed by atoms with Crippen LogP contribution in [0.25, 0.3) is 43.5 Å². The van der Waals surface area contributed by atoms with Gasteiger partial charge in [0.05, 0.1) is 16.9 Å². The number of benzene rings is 3. The minimum Gasteiger partial charge on any atom is -0.506 e. The fourth-order valence-corrected chi connectivity index (χ4v) is 4.94. The third-order valence-electron chi connectivity index (χ3n) is 6.81. The normalized spacial score (nSPS) is 27.3. The van der Waals surface area contributed by atoms with Crippen LogP contribution in [-0.4, -0.2) is 50.6 Å². The first kappa shape index (κ1) is 21.8. The van der Waals surface area contributed by atoms with Gasteiger partial charge >= 0.3 is 11.3 Å². The summed E-state index contributed by atoms with van der Waals surface area (Å²) in [6.07, 6.45) is -5.30. The molecule has 4 N–H and O–H groups in total. The third-order valence-corrected chi connectivity index (χ3v) is 6.81. The molecule has 1 fully saturated rings. The molecule has 3 heterocycles. The van der Waals surface area contributed by atoms with Crippen LogP contribution in [0.4, 0.5) is 0 Å². The predicted molar refractivity (Wildman–Crippen MR) is 124 cm³/mol. The first-order valence-electron chi connectivity index (χ1n) is 10.9. The van der Waals surface area contributed by atoms with Crippen LogP contribution in [0.15, 0.2) is 54.8 Å². The Hall–Kier alpha value is -3.70. The Balaban J connectivity index is 1.68. The molecule has 1 saturated heterocycles. The van der Waals surface area contributed by atoms with E-state index in [1.54, 1.807) is 6.07 Å². The molecular formula is C25H20O10. The van der Waals surface area contributed by atoms with Crippen molar-refractivity contribution in [2.24, 2.45) is 0 Å². The van der Waals surface area contributed by atoms with Gasteiger partial charge < -0.3 is 38.7 Å². The van der Waals surface area contributed by atoms with E-state index < -0.39 is 47.2 Å². The Bertz CT molecular complexity index is 1750. The van der Waals surface area contributed by atoms with Crippen LogP contribution in [0.1, 0.15) is 13.8 Å². The summed E-state index contributed by atoms with van der Waals surface area (Å²) < 4.78 is 22.6. The van der Waals surface area contributed by atoms with Crippen molar-refractivity contribution in [2.75, 3.05) is 0 Å². The zero-order valence-corrected chi connectivity index (χ0v) is 18.5. The van der Waals surface area contributed by atoms with Crippen LogP contribution in [0.2, 0.25) is 0 Å². The first-order chi connectivity index (χ1) is 16.6. The van der Waals surface area contributed by atoms with E-state index in [1.807, 2.05) is 0 Å². The maximum Gasteiger partial charge on any atom is 0.348 e.